The van der Waals surface area contributed by atoms with Crippen molar-refractivity contribution in [3.05, 3.63) is 11.6 Å². The number of rotatable bonds is 4. The molecule has 0 aromatic rings. The van der Waals surface area contributed by atoms with Gasteiger partial charge in [0.2, 0.25) is 0 Å². The summed E-state index contributed by atoms with van der Waals surface area (Å²) in [6.07, 6.45) is 4.67. The van der Waals surface area contributed by atoms with Gasteiger partial charge in [-0.3, -0.25) is 14.1 Å². The van der Waals surface area contributed by atoms with E-state index in [1.54, 1.807) is 13.0 Å². The van der Waals surface area contributed by atoms with Crippen molar-refractivity contribution < 1.29 is 89.8 Å². The summed E-state index contributed by atoms with van der Waals surface area (Å²) in [6.45, 7) is 2.99. The maximum Gasteiger partial charge on any atom is 1.00 e. The van der Waals surface area contributed by atoms with Crippen LogP contribution >= 0.6 is 0 Å². The third-order valence-corrected chi connectivity index (χ3v) is 9.26. The number of carbonyl (C=O) groups is 2. The van der Waals surface area contributed by atoms with Crippen molar-refractivity contribution in [2.24, 2.45) is 28.6 Å². The van der Waals surface area contributed by atoms with Crippen molar-refractivity contribution in [1.82, 2.24) is 0 Å². The minimum atomic E-state index is -4.80. The molecule has 4 rings (SSSR count). The minimum absolute atomic E-state index is 0. The van der Waals surface area contributed by atoms with Crippen molar-refractivity contribution in [2.45, 2.75) is 70.5 Å². The van der Waals surface area contributed by atoms with E-state index in [0.29, 0.717) is 19.3 Å². The Labute approximate surface area is 227 Å². The first-order valence-corrected chi connectivity index (χ1v) is 12.0. The Bertz CT molecular complexity index is 923. The van der Waals surface area contributed by atoms with Gasteiger partial charge in [-0.1, -0.05) is 19.4 Å². The zero-order chi connectivity index (χ0) is 22.1. The molecule has 0 bridgehead atoms. The number of fused-ring (bicyclic) bond motifs is 5. The number of hydrogen-bond donors (Lipinski definition) is 3. The first-order valence-electron chi connectivity index (χ1n) is 10.6. The van der Waals surface area contributed by atoms with Gasteiger partial charge in [-0.25, -0.2) is 4.18 Å². The van der Waals surface area contributed by atoms with Crippen LogP contribution in [-0.4, -0.2) is 53.1 Å². The molecule has 4 aliphatic rings. The average Bonchev–Trinajstić information content (AvgIpc) is 2.91. The first-order chi connectivity index (χ1) is 13.8. The van der Waals surface area contributed by atoms with Gasteiger partial charge < -0.3 is 11.6 Å². The predicted octanol–water partition coefficient (Wildman–Crippen LogP) is -1.27. The Morgan fingerprint density at radius 1 is 1.26 bits per heavy atom. The second kappa shape index (κ2) is 8.62. The van der Waals surface area contributed by atoms with Crippen molar-refractivity contribution in [1.29, 1.82) is 0 Å². The molecule has 8 nitrogen and oxygen atoms in total. The molecule has 3 saturated carbocycles. The molecule has 0 saturated heterocycles. The number of ketones is 2. The van der Waals surface area contributed by atoms with E-state index in [4.69, 9.17) is 4.55 Å². The van der Waals surface area contributed by atoms with E-state index in [9.17, 15) is 28.2 Å². The largest absolute Gasteiger partial charge is 1.00 e. The van der Waals surface area contributed by atoms with Crippen LogP contribution in [0.2, 0.25) is 0 Å². The Morgan fingerprint density at radius 3 is 2.58 bits per heavy atom. The molecule has 170 valence electrons. The Balaban J connectivity index is 0.00000181. The van der Waals surface area contributed by atoms with E-state index in [-0.39, 0.29) is 94.6 Å². The molecule has 7 atom stereocenters. The maximum absolute atomic E-state index is 12.8. The van der Waals surface area contributed by atoms with Crippen LogP contribution in [0.5, 0.6) is 0 Å². The summed E-state index contributed by atoms with van der Waals surface area (Å²) < 4.78 is 34.8. The Morgan fingerprint density at radius 2 is 1.94 bits per heavy atom. The van der Waals surface area contributed by atoms with E-state index in [1.807, 2.05) is 0 Å². The molecule has 0 aromatic heterocycles. The van der Waals surface area contributed by atoms with Gasteiger partial charge in [0.25, 0.3) is 0 Å². The summed E-state index contributed by atoms with van der Waals surface area (Å²) in [5.74, 6) is -0.618. The Hall–Kier alpha value is 0.506. The molecule has 0 unspecified atom stereocenters. The number of aliphatic hydroxyl groups is 2. The van der Waals surface area contributed by atoms with Crippen molar-refractivity contribution >= 4 is 22.0 Å². The monoisotopic (exact) mass is 482 g/mol. The molecular weight excluding hydrogens is 451 g/mol. The number of hydrogen-bond acceptors (Lipinski definition) is 7. The molecule has 0 heterocycles. The van der Waals surface area contributed by atoms with Crippen LogP contribution in [0, 0.1) is 28.6 Å². The van der Waals surface area contributed by atoms with Gasteiger partial charge in [-0.05, 0) is 67.8 Å². The van der Waals surface area contributed by atoms with Crippen molar-refractivity contribution in [3.63, 3.8) is 0 Å². The van der Waals surface area contributed by atoms with E-state index < -0.39 is 39.9 Å². The van der Waals surface area contributed by atoms with Crippen molar-refractivity contribution in [2.75, 3.05) is 6.61 Å². The molecule has 4 aliphatic carbocycles. The van der Waals surface area contributed by atoms with Crippen molar-refractivity contribution in [3.8, 4) is 0 Å². The quantitative estimate of drug-likeness (QED) is 0.333. The summed E-state index contributed by atoms with van der Waals surface area (Å²) in [5, 5.41) is 22.6. The number of aliphatic hydroxyl groups excluding tert-OH is 1. The zero-order valence-electron chi connectivity index (χ0n) is 19.3. The topological polar surface area (TPSA) is 138 Å². The van der Waals surface area contributed by atoms with Crippen LogP contribution in [0.4, 0.5) is 0 Å². The van der Waals surface area contributed by atoms with E-state index >= 15 is 0 Å². The van der Waals surface area contributed by atoms with Gasteiger partial charge in [0.05, 0.1) is 6.10 Å². The van der Waals surface area contributed by atoms with Crippen LogP contribution in [-0.2, 0) is 24.2 Å². The van der Waals surface area contributed by atoms with E-state index in [2.05, 4.69) is 11.1 Å². The average molecular weight is 483 g/mol. The normalized spacial score (nSPS) is 44.4. The summed E-state index contributed by atoms with van der Waals surface area (Å²) >= 11 is 0. The van der Waals surface area contributed by atoms with Crippen LogP contribution in [0.1, 0.15) is 60.2 Å². The van der Waals surface area contributed by atoms with Gasteiger partial charge in [-0.15, -0.1) is 0 Å². The molecule has 3 N–H and O–H groups in total. The molecule has 0 amide bonds. The van der Waals surface area contributed by atoms with Gasteiger partial charge in [0, 0.05) is 11.8 Å². The van der Waals surface area contributed by atoms with Gasteiger partial charge in [0.1, 0.15) is 12.2 Å². The third-order valence-electron chi connectivity index (χ3n) is 8.85. The second-order valence-corrected chi connectivity index (χ2v) is 11.2. The Kier molecular flexibility index (Phi) is 7.26. The molecule has 0 radical (unpaired) electrons. The van der Waals surface area contributed by atoms with Crippen LogP contribution in [0.25, 0.3) is 0 Å². The molecule has 31 heavy (non-hydrogen) atoms. The molecule has 0 aliphatic heterocycles. The zero-order valence-corrected chi connectivity index (χ0v) is 22.3. The fourth-order valence-electron chi connectivity index (χ4n) is 7.40. The first kappa shape index (κ1) is 26.1. The van der Waals surface area contributed by atoms with Crippen LogP contribution in [0.15, 0.2) is 11.6 Å². The predicted molar refractivity (Wildman–Crippen MR) is 107 cm³/mol. The second-order valence-electron chi connectivity index (χ2n) is 10.1. The van der Waals surface area contributed by atoms with Gasteiger partial charge in [-0.2, -0.15) is 8.42 Å². The summed E-state index contributed by atoms with van der Waals surface area (Å²) in [4.78, 5) is 24.7. The molecule has 10 heteroatoms. The van der Waals surface area contributed by atoms with Gasteiger partial charge >= 0.3 is 61.8 Å². The smallest absolute Gasteiger partial charge is 1.00 e. The minimum Gasteiger partial charge on any atom is -1.00 e. The fraction of sp³-hybridized carbons (Fsp3) is 0.810. The summed E-state index contributed by atoms with van der Waals surface area (Å²) in [6, 6.07) is 0. The number of allylic oxidation sites excluding steroid dienone is 1. The van der Waals surface area contributed by atoms with Crippen LogP contribution in [0.3, 0.4) is 0 Å². The molecule has 0 aromatic carbocycles. The maximum atomic E-state index is 12.8. The SMILES string of the molecule is C[C@]12CCC(=O)C=C1CC[C@@H]1[C@@H]2[C@@H](O)C[C@@]2(C)[C@H]1CC[C@]2(O)C(=O)COS(=O)(=O)O.[H-].[K+]. The molecular formula is C21H31KO8S. The van der Waals surface area contributed by atoms with E-state index in [0.717, 1.165) is 18.4 Å². The summed E-state index contributed by atoms with van der Waals surface area (Å²) in [5.41, 5.74) is -1.91. The summed E-state index contributed by atoms with van der Waals surface area (Å²) in [7, 11) is -4.80. The molecule has 0 spiro atoms. The number of carbonyl (C=O) groups excluding carboxylic acids is 2. The van der Waals surface area contributed by atoms with E-state index in [1.165, 1.54) is 0 Å². The van der Waals surface area contributed by atoms with Gasteiger partial charge in [0.15, 0.2) is 11.6 Å². The fourth-order valence-corrected chi connectivity index (χ4v) is 7.65. The molecule has 3 fully saturated rings. The third kappa shape index (κ3) is 4.13. The number of Topliss-reactive ketones (excluding diaryl/α,β-unsaturated/α-hetero) is 1. The standard InChI is InChI=1S/C21H30O8S.K.H/c1-19-7-5-13(22)9-12(19)3-4-14-15-6-8-21(25,17(24)11-29-30(26,27)28)20(15,2)10-16(23)18(14)19;;/h9,14-16,18,23,25H,3-8,10-11H2,1-2H3,(H,26,27,28);;/q;+1;-1/t14-,15-,16-,18+,19-,20-,21-;;/m0../s1. The van der Waals surface area contributed by atoms with Crippen LogP contribution < -0.4 is 51.4 Å².